The molecule has 0 aliphatic carbocycles. The molecule has 0 aliphatic heterocycles. The Kier molecular flexibility index (Phi) is 5.96. The van der Waals surface area contributed by atoms with Gasteiger partial charge < -0.3 is 13.4 Å². The topological polar surface area (TPSA) is 31.2 Å². The molecular formula is C42H21B4NO2. The molecule has 0 saturated carbocycles. The Labute approximate surface area is 286 Å². The third kappa shape index (κ3) is 3.96. The van der Waals surface area contributed by atoms with Gasteiger partial charge in [-0.3, -0.25) is 0 Å². The Balaban J connectivity index is 1.15. The summed E-state index contributed by atoms with van der Waals surface area (Å²) in [5, 5.41) is 6.25. The SMILES string of the molecule is [B]c1c([B])c(-n2c3ccccc3c3ccc4c5ccccc5oc4c32)c([B])c([B])c1-c1ccc(-c2ccc3oc4ccccc4c3c2)cc1. The number of hydrogen-bond donors (Lipinski definition) is 0. The minimum Gasteiger partial charge on any atom is -0.456 e. The van der Waals surface area contributed by atoms with Gasteiger partial charge in [-0.1, -0.05) is 113 Å². The van der Waals surface area contributed by atoms with Gasteiger partial charge in [0.2, 0.25) is 0 Å². The van der Waals surface area contributed by atoms with Gasteiger partial charge in [-0.05, 0) is 58.7 Å². The van der Waals surface area contributed by atoms with Gasteiger partial charge in [0.15, 0.2) is 5.58 Å². The highest BCUT2D eigenvalue weighted by atomic mass is 16.3. The molecule has 0 atom stereocenters. The van der Waals surface area contributed by atoms with Crippen molar-refractivity contribution in [2.75, 3.05) is 0 Å². The number of para-hydroxylation sites is 3. The van der Waals surface area contributed by atoms with E-state index in [2.05, 4.69) is 59.2 Å². The molecule has 218 valence electrons. The van der Waals surface area contributed by atoms with Crippen LogP contribution in [0.15, 0.2) is 136 Å². The Morgan fingerprint density at radius 3 is 1.69 bits per heavy atom. The van der Waals surface area contributed by atoms with E-state index in [-0.39, 0.29) is 0 Å². The summed E-state index contributed by atoms with van der Waals surface area (Å²) >= 11 is 0. The van der Waals surface area contributed by atoms with Crippen LogP contribution in [0.25, 0.3) is 93.6 Å². The van der Waals surface area contributed by atoms with Gasteiger partial charge in [-0.2, -0.15) is 0 Å². The van der Waals surface area contributed by atoms with Gasteiger partial charge >= 0.3 is 0 Å². The number of aromatic nitrogens is 1. The van der Waals surface area contributed by atoms with Gasteiger partial charge in [-0.15, -0.1) is 0 Å². The molecule has 0 N–H and O–H groups in total. The molecule has 0 bridgehead atoms. The number of rotatable bonds is 3. The predicted molar refractivity (Wildman–Crippen MR) is 208 cm³/mol. The van der Waals surface area contributed by atoms with Crippen LogP contribution in [-0.4, -0.2) is 36.0 Å². The molecular weight excluding hydrogens is 594 g/mol. The zero-order valence-corrected chi connectivity index (χ0v) is 26.2. The normalized spacial score (nSPS) is 12.0. The number of fused-ring (bicyclic) bond motifs is 10. The summed E-state index contributed by atoms with van der Waals surface area (Å²) < 4.78 is 14.6. The quantitative estimate of drug-likeness (QED) is 0.199. The van der Waals surface area contributed by atoms with Crippen molar-refractivity contribution < 1.29 is 8.83 Å². The minimum absolute atomic E-state index is 0.346. The molecule has 3 aromatic heterocycles. The average Bonchev–Trinajstić information content (AvgIpc) is 3.81. The van der Waals surface area contributed by atoms with Crippen molar-refractivity contribution in [2.45, 2.75) is 0 Å². The zero-order valence-electron chi connectivity index (χ0n) is 26.2. The van der Waals surface area contributed by atoms with E-state index in [1.165, 1.54) is 0 Å². The Morgan fingerprint density at radius 2 is 0.959 bits per heavy atom. The van der Waals surface area contributed by atoms with Crippen LogP contribution in [0.4, 0.5) is 0 Å². The maximum atomic E-state index is 6.97. The lowest BCUT2D eigenvalue weighted by Gasteiger charge is -2.24. The Hall–Kier alpha value is -5.80. The highest BCUT2D eigenvalue weighted by Crippen LogP contribution is 2.40. The molecule has 0 aliphatic rings. The molecule has 0 unspecified atom stereocenters. The van der Waals surface area contributed by atoms with Crippen LogP contribution < -0.4 is 21.9 Å². The lowest BCUT2D eigenvalue weighted by molar-refractivity contribution is 0.669. The lowest BCUT2D eigenvalue weighted by Crippen LogP contribution is -2.46. The van der Waals surface area contributed by atoms with Gasteiger partial charge in [0.25, 0.3) is 0 Å². The highest BCUT2D eigenvalue weighted by Gasteiger charge is 2.23. The summed E-state index contributed by atoms with van der Waals surface area (Å²) in [6, 6.07) is 42.9. The standard InChI is InChI=1S/C42H21B4NO2/c43-36-35(23-15-13-22(14-16-23)24-17-20-34-30(21-24)27-9-3-5-11-32(27)48-34)37(44)39(46)41(38(36)45)47-31-10-4-1-7-25(31)28-18-19-29-26-8-2-6-12-33(26)49-42(29)40(28)47/h1-21H. The molecule has 7 aromatic carbocycles. The van der Waals surface area contributed by atoms with E-state index in [1.54, 1.807) is 0 Å². The fraction of sp³-hybridized carbons (Fsp3) is 0. The van der Waals surface area contributed by atoms with Crippen LogP contribution in [0.1, 0.15) is 0 Å². The monoisotopic (exact) mass is 615 g/mol. The third-order valence-corrected chi connectivity index (χ3v) is 9.92. The first kappa shape index (κ1) is 28.2. The van der Waals surface area contributed by atoms with Crippen LogP contribution in [0.5, 0.6) is 0 Å². The predicted octanol–water partition coefficient (Wildman–Crippen LogP) is 7.09. The summed E-state index contributed by atoms with van der Waals surface area (Å²) in [5.74, 6) is 0. The second-order valence-corrected chi connectivity index (χ2v) is 12.6. The van der Waals surface area contributed by atoms with E-state index in [0.717, 1.165) is 82.4 Å². The molecule has 0 amide bonds. The molecule has 3 heterocycles. The maximum absolute atomic E-state index is 6.97. The molecule has 7 heteroatoms. The molecule has 10 aromatic rings. The van der Waals surface area contributed by atoms with Crippen LogP contribution >= 0.6 is 0 Å². The van der Waals surface area contributed by atoms with Crippen molar-refractivity contribution in [1.29, 1.82) is 0 Å². The van der Waals surface area contributed by atoms with Crippen molar-refractivity contribution in [3.8, 4) is 27.9 Å². The third-order valence-electron chi connectivity index (χ3n) is 9.92. The van der Waals surface area contributed by atoms with E-state index in [1.807, 2.05) is 72.8 Å². The average molecular weight is 615 g/mol. The van der Waals surface area contributed by atoms with Gasteiger partial charge in [-0.25, -0.2) is 0 Å². The highest BCUT2D eigenvalue weighted by molar-refractivity contribution is 6.62. The Bertz CT molecular complexity index is 2960. The Morgan fingerprint density at radius 1 is 0.408 bits per heavy atom. The van der Waals surface area contributed by atoms with Crippen molar-refractivity contribution in [2.24, 2.45) is 0 Å². The molecule has 0 saturated heterocycles. The van der Waals surface area contributed by atoms with E-state index in [0.29, 0.717) is 33.1 Å². The van der Waals surface area contributed by atoms with Crippen molar-refractivity contribution >= 4 is 119 Å². The lowest BCUT2D eigenvalue weighted by atomic mass is 9.64. The first-order valence-corrected chi connectivity index (χ1v) is 16.1. The van der Waals surface area contributed by atoms with Crippen LogP contribution in [0.3, 0.4) is 0 Å². The van der Waals surface area contributed by atoms with E-state index < -0.39 is 0 Å². The molecule has 10 rings (SSSR count). The van der Waals surface area contributed by atoms with Crippen LogP contribution in [0.2, 0.25) is 0 Å². The molecule has 3 nitrogen and oxygen atoms in total. The van der Waals surface area contributed by atoms with Crippen molar-refractivity contribution in [3.05, 3.63) is 127 Å². The van der Waals surface area contributed by atoms with Gasteiger partial charge in [0, 0.05) is 38.0 Å². The number of furan rings is 2. The second-order valence-electron chi connectivity index (χ2n) is 12.6. The molecule has 0 fully saturated rings. The van der Waals surface area contributed by atoms with Crippen LogP contribution in [-0.2, 0) is 0 Å². The van der Waals surface area contributed by atoms with Gasteiger partial charge in [0.1, 0.15) is 48.1 Å². The number of nitrogens with zero attached hydrogens (tertiary/aromatic N) is 1. The summed E-state index contributed by atoms with van der Waals surface area (Å²) in [6.45, 7) is 0. The summed E-state index contributed by atoms with van der Waals surface area (Å²) in [5.41, 5.74) is 10.6. The van der Waals surface area contributed by atoms with Crippen molar-refractivity contribution in [3.63, 3.8) is 0 Å². The number of hydrogen-bond acceptors (Lipinski definition) is 2. The molecule has 49 heavy (non-hydrogen) atoms. The maximum Gasteiger partial charge on any atom is 0.160 e. The minimum atomic E-state index is 0.346. The fourth-order valence-corrected chi connectivity index (χ4v) is 7.56. The van der Waals surface area contributed by atoms with Crippen molar-refractivity contribution in [1.82, 2.24) is 4.57 Å². The van der Waals surface area contributed by atoms with Crippen LogP contribution in [0, 0.1) is 0 Å². The smallest absolute Gasteiger partial charge is 0.160 e. The summed E-state index contributed by atoms with van der Waals surface area (Å²) in [6.07, 6.45) is 0. The largest absolute Gasteiger partial charge is 0.456 e. The van der Waals surface area contributed by atoms with E-state index in [9.17, 15) is 0 Å². The number of benzene rings is 7. The van der Waals surface area contributed by atoms with Gasteiger partial charge in [0.05, 0.1) is 11.0 Å². The van der Waals surface area contributed by atoms with E-state index >= 15 is 0 Å². The zero-order chi connectivity index (χ0) is 33.0. The first-order chi connectivity index (χ1) is 24.0. The summed E-state index contributed by atoms with van der Waals surface area (Å²) in [4.78, 5) is 0. The summed E-state index contributed by atoms with van der Waals surface area (Å²) in [7, 11) is 27.7. The molecule has 8 radical (unpaired) electrons. The molecule has 0 spiro atoms. The second kappa shape index (κ2) is 10.3. The van der Waals surface area contributed by atoms with E-state index in [4.69, 9.17) is 40.2 Å². The first-order valence-electron chi connectivity index (χ1n) is 16.1. The fourth-order valence-electron chi connectivity index (χ4n) is 7.56.